The molecule has 1 aliphatic rings. The largest absolute Gasteiger partial charge is 0.489 e. The lowest BCUT2D eigenvalue weighted by atomic mass is 10.0. The maximum Gasteiger partial charge on any atom is 0.318 e. The van der Waals surface area contributed by atoms with Crippen molar-refractivity contribution >= 4 is 11.7 Å². The van der Waals surface area contributed by atoms with E-state index < -0.39 is 0 Å². The molecule has 2 aromatic carbocycles. The Morgan fingerprint density at radius 2 is 1.84 bits per heavy atom. The Hall–Kier alpha value is -2.49. The summed E-state index contributed by atoms with van der Waals surface area (Å²) in [5.41, 5.74) is 6.81. The quantitative estimate of drug-likeness (QED) is 0.821. The van der Waals surface area contributed by atoms with Gasteiger partial charge in [0.2, 0.25) is 0 Å². The summed E-state index contributed by atoms with van der Waals surface area (Å²) in [6.45, 7) is 6.73. The van der Waals surface area contributed by atoms with Crippen molar-refractivity contribution in [1.29, 1.82) is 0 Å². The van der Waals surface area contributed by atoms with E-state index in [9.17, 15) is 4.79 Å². The molecule has 0 saturated heterocycles. The van der Waals surface area contributed by atoms with Crippen LogP contribution in [0.15, 0.2) is 30.3 Å². The average molecular weight is 338 g/mol. The second-order valence-electron chi connectivity index (χ2n) is 6.84. The molecule has 132 valence electrons. The minimum Gasteiger partial charge on any atom is -0.489 e. The summed E-state index contributed by atoms with van der Waals surface area (Å²) >= 11 is 0. The Balaban J connectivity index is 1.88. The van der Waals surface area contributed by atoms with Crippen LogP contribution >= 0.6 is 0 Å². The average Bonchev–Trinajstić information content (AvgIpc) is 3.42. The van der Waals surface area contributed by atoms with Crippen LogP contribution in [0.3, 0.4) is 0 Å². The Morgan fingerprint density at radius 1 is 1.12 bits per heavy atom. The number of aryl methyl sites for hydroxylation is 3. The fourth-order valence-electron chi connectivity index (χ4n) is 3.08. The lowest BCUT2D eigenvalue weighted by Crippen LogP contribution is -2.25. The van der Waals surface area contributed by atoms with E-state index in [0.717, 1.165) is 22.6 Å². The first-order valence-corrected chi connectivity index (χ1v) is 8.80. The second kappa shape index (κ2) is 7.18. The first kappa shape index (κ1) is 17.3. The number of carbonyl (C=O) groups excluding carboxylic acids is 1. The van der Waals surface area contributed by atoms with Crippen molar-refractivity contribution in [3.05, 3.63) is 58.1 Å². The second-order valence-corrected chi connectivity index (χ2v) is 6.84. The SMILES string of the molecule is CNC(=O)Nc1cccc(C2CC2)c1COc1cc(C)c(C)cc1C. The van der Waals surface area contributed by atoms with Crippen LogP contribution in [-0.4, -0.2) is 13.1 Å². The van der Waals surface area contributed by atoms with Gasteiger partial charge in [-0.3, -0.25) is 0 Å². The van der Waals surface area contributed by atoms with E-state index in [1.165, 1.54) is 29.5 Å². The summed E-state index contributed by atoms with van der Waals surface area (Å²) in [4.78, 5) is 11.8. The van der Waals surface area contributed by atoms with Gasteiger partial charge in [-0.1, -0.05) is 18.2 Å². The molecule has 25 heavy (non-hydrogen) atoms. The lowest BCUT2D eigenvalue weighted by molar-refractivity contribution is 0.254. The van der Waals surface area contributed by atoms with E-state index in [2.05, 4.69) is 49.6 Å². The molecular formula is C21H26N2O2. The van der Waals surface area contributed by atoms with Gasteiger partial charge >= 0.3 is 6.03 Å². The molecule has 2 amide bonds. The zero-order chi connectivity index (χ0) is 18.0. The fraction of sp³-hybridized carbons (Fsp3) is 0.381. The molecule has 2 N–H and O–H groups in total. The lowest BCUT2D eigenvalue weighted by Gasteiger charge is -2.17. The van der Waals surface area contributed by atoms with Gasteiger partial charge in [0.05, 0.1) is 0 Å². The van der Waals surface area contributed by atoms with Crippen LogP contribution in [0.2, 0.25) is 0 Å². The van der Waals surface area contributed by atoms with Crippen molar-refractivity contribution in [3.63, 3.8) is 0 Å². The highest BCUT2D eigenvalue weighted by atomic mass is 16.5. The topological polar surface area (TPSA) is 50.4 Å². The van der Waals surface area contributed by atoms with Crippen LogP contribution in [0.25, 0.3) is 0 Å². The minimum absolute atomic E-state index is 0.212. The number of benzene rings is 2. The summed E-state index contributed by atoms with van der Waals surface area (Å²) < 4.78 is 6.16. The number of anilines is 1. The highest BCUT2D eigenvalue weighted by Gasteiger charge is 2.27. The third-order valence-electron chi connectivity index (χ3n) is 4.87. The molecule has 0 aromatic heterocycles. The van der Waals surface area contributed by atoms with Gasteiger partial charge in [0.25, 0.3) is 0 Å². The molecule has 0 spiro atoms. The van der Waals surface area contributed by atoms with E-state index in [0.29, 0.717) is 12.5 Å². The number of amides is 2. The monoisotopic (exact) mass is 338 g/mol. The van der Waals surface area contributed by atoms with Gasteiger partial charge in [-0.15, -0.1) is 0 Å². The molecule has 1 aliphatic carbocycles. The standard InChI is InChI=1S/C21H26N2O2/c1-13-10-15(3)20(11-14(13)2)25-12-18-17(16-8-9-16)6-5-7-19(18)23-21(24)22-4/h5-7,10-11,16H,8-9,12H2,1-4H3,(H2,22,23,24). The molecule has 1 saturated carbocycles. The maximum atomic E-state index is 11.8. The molecule has 1 fully saturated rings. The number of carbonyl (C=O) groups is 1. The van der Waals surface area contributed by atoms with Gasteiger partial charge in [0, 0.05) is 18.3 Å². The zero-order valence-corrected chi connectivity index (χ0v) is 15.4. The van der Waals surface area contributed by atoms with Crippen LogP contribution in [-0.2, 0) is 6.61 Å². The van der Waals surface area contributed by atoms with Crippen molar-refractivity contribution in [2.24, 2.45) is 0 Å². The Bertz CT molecular complexity index is 795. The Morgan fingerprint density at radius 3 is 2.52 bits per heavy atom. The van der Waals surface area contributed by atoms with Gasteiger partial charge in [0.15, 0.2) is 0 Å². The molecule has 0 heterocycles. The van der Waals surface area contributed by atoms with Crippen LogP contribution in [0.4, 0.5) is 10.5 Å². The third-order valence-corrected chi connectivity index (χ3v) is 4.87. The molecule has 2 aromatic rings. The van der Waals surface area contributed by atoms with Crippen LogP contribution in [0.1, 0.15) is 46.6 Å². The zero-order valence-electron chi connectivity index (χ0n) is 15.4. The summed E-state index contributed by atoms with van der Waals surface area (Å²) in [7, 11) is 1.62. The van der Waals surface area contributed by atoms with E-state index in [4.69, 9.17) is 4.74 Å². The normalized spacial score (nSPS) is 13.4. The summed E-state index contributed by atoms with van der Waals surface area (Å²) in [5.74, 6) is 1.49. The van der Waals surface area contributed by atoms with E-state index in [1.54, 1.807) is 7.05 Å². The van der Waals surface area contributed by atoms with Crippen LogP contribution < -0.4 is 15.4 Å². The van der Waals surface area contributed by atoms with E-state index in [1.807, 2.05) is 12.1 Å². The number of rotatable bonds is 5. The van der Waals surface area contributed by atoms with Gasteiger partial charge in [0.1, 0.15) is 12.4 Å². The molecule has 0 aliphatic heterocycles. The Kier molecular flexibility index (Phi) is 4.98. The van der Waals surface area contributed by atoms with Gasteiger partial charge in [-0.05, 0) is 73.9 Å². The van der Waals surface area contributed by atoms with Crippen LogP contribution in [0.5, 0.6) is 5.75 Å². The molecule has 0 unspecified atom stereocenters. The number of ether oxygens (including phenoxy) is 1. The summed E-state index contributed by atoms with van der Waals surface area (Å²) in [6.07, 6.45) is 2.41. The van der Waals surface area contributed by atoms with Crippen molar-refractivity contribution in [3.8, 4) is 5.75 Å². The predicted octanol–water partition coefficient (Wildman–Crippen LogP) is 4.82. The fourth-order valence-corrected chi connectivity index (χ4v) is 3.08. The van der Waals surface area contributed by atoms with Gasteiger partial charge < -0.3 is 15.4 Å². The third kappa shape index (κ3) is 3.95. The Labute approximate surface area is 149 Å². The number of urea groups is 1. The number of hydrogen-bond acceptors (Lipinski definition) is 2. The highest BCUT2D eigenvalue weighted by molar-refractivity contribution is 5.90. The smallest absolute Gasteiger partial charge is 0.318 e. The number of hydrogen-bond donors (Lipinski definition) is 2. The van der Waals surface area contributed by atoms with E-state index in [-0.39, 0.29) is 6.03 Å². The summed E-state index contributed by atoms with van der Waals surface area (Å²) in [6, 6.07) is 10.1. The number of nitrogens with one attached hydrogen (secondary N) is 2. The van der Waals surface area contributed by atoms with Crippen molar-refractivity contribution in [1.82, 2.24) is 5.32 Å². The van der Waals surface area contributed by atoms with Gasteiger partial charge in [-0.25, -0.2) is 4.79 Å². The van der Waals surface area contributed by atoms with Crippen molar-refractivity contribution in [2.75, 3.05) is 12.4 Å². The van der Waals surface area contributed by atoms with Crippen molar-refractivity contribution in [2.45, 2.75) is 46.1 Å². The first-order chi connectivity index (χ1) is 12.0. The van der Waals surface area contributed by atoms with Crippen molar-refractivity contribution < 1.29 is 9.53 Å². The van der Waals surface area contributed by atoms with Crippen LogP contribution in [0, 0.1) is 20.8 Å². The molecule has 4 heteroatoms. The molecule has 3 rings (SSSR count). The maximum absolute atomic E-state index is 11.8. The molecule has 0 radical (unpaired) electrons. The summed E-state index contributed by atoms with van der Waals surface area (Å²) in [5, 5.41) is 5.54. The molecule has 0 bridgehead atoms. The molecular weight excluding hydrogens is 312 g/mol. The predicted molar refractivity (Wildman–Crippen MR) is 101 cm³/mol. The van der Waals surface area contributed by atoms with E-state index >= 15 is 0 Å². The first-order valence-electron chi connectivity index (χ1n) is 8.80. The van der Waals surface area contributed by atoms with Gasteiger partial charge in [-0.2, -0.15) is 0 Å². The molecule has 4 nitrogen and oxygen atoms in total. The molecule has 0 atom stereocenters. The highest BCUT2D eigenvalue weighted by Crippen LogP contribution is 2.43. The minimum atomic E-state index is -0.212.